The lowest BCUT2D eigenvalue weighted by molar-refractivity contribution is -0.121. The van der Waals surface area contributed by atoms with Crippen molar-refractivity contribution in [2.45, 2.75) is 46.0 Å². The Morgan fingerprint density at radius 2 is 2.00 bits per heavy atom. The lowest BCUT2D eigenvalue weighted by Gasteiger charge is -2.30. The van der Waals surface area contributed by atoms with E-state index in [1.807, 2.05) is 39.0 Å². The molecule has 0 aliphatic carbocycles. The van der Waals surface area contributed by atoms with Crippen molar-refractivity contribution in [2.75, 3.05) is 25.0 Å². The number of carbonyl (C=O) groups excluding carboxylic acids is 2. The first-order chi connectivity index (χ1) is 12.8. The maximum absolute atomic E-state index is 12.6. The van der Waals surface area contributed by atoms with Crippen LogP contribution in [0.2, 0.25) is 0 Å². The number of rotatable bonds is 3. The number of amides is 2. The van der Waals surface area contributed by atoms with Crippen LogP contribution in [0, 0.1) is 5.92 Å². The van der Waals surface area contributed by atoms with Crippen LogP contribution in [-0.4, -0.2) is 41.6 Å². The molecule has 146 valence electrons. The third kappa shape index (κ3) is 4.40. The third-order valence-electron chi connectivity index (χ3n) is 4.69. The first-order valence-electron chi connectivity index (χ1n) is 9.41. The molecule has 1 saturated heterocycles. The van der Waals surface area contributed by atoms with Gasteiger partial charge in [0.15, 0.2) is 5.58 Å². The predicted octanol–water partition coefficient (Wildman–Crippen LogP) is 3.93. The molecule has 0 radical (unpaired) electrons. The number of ether oxygens (including phenoxy) is 1. The molecule has 1 aliphatic heterocycles. The van der Waals surface area contributed by atoms with E-state index in [0.717, 1.165) is 5.52 Å². The average Bonchev–Trinajstić information content (AvgIpc) is 3.06. The van der Waals surface area contributed by atoms with E-state index in [1.54, 1.807) is 11.8 Å². The standard InChI is InChI=1S/C20H27N3O4/c1-5-26-19(25)23-10-8-13(9-11-23)17(24)21-14-6-7-16-15(12-14)22-18(27-16)20(2,3)4/h6-7,12-13H,5,8-11H2,1-4H3,(H,21,24). The van der Waals surface area contributed by atoms with Gasteiger partial charge in [0.25, 0.3) is 0 Å². The molecule has 7 heteroatoms. The van der Waals surface area contributed by atoms with Crippen LogP contribution in [-0.2, 0) is 14.9 Å². The number of benzene rings is 1. The number of aromatic nitrogens is 1. The largest absolute Gasteiger partial charge is 0.450 e. The molecule has 1 N–H and O–H groups in total. The van der Waals surface area contributed by atoms with Gasteiger partial charge in [0.2, 0.25) is 11.8 Å². The van der Waals surface area contributed by atoms with E-state index < -0.39 is 0 Å². The molecule has 2 aromatic rings. The average molecular weight is 373 g/mol. The molecule has 0 saturated carbocycles. The van der Waals surface area contributed by atoms with Gasteiger partial charge in [-0.15, -0.1) is 0 Å². The molecule has 27 heavy (non-hydrogen) atoms. The molecule has 0 spiro atoms. The van der Waals surface area contributed by atoms with Crippen molar-refractivity contribution < 1.29 is 18.7 Å². The Hall–Kier alpha value is -2.57. The van der Waals surface area contributed by atoms with E-state index in [-0.39, 0.29) is 23.3 Å². The lowest BCUT2D eigenvalue weighted by Crippen LogP contribution is -2.41. The molecule has 1 aromatic carbocycles. The molecular weight excluding hydrogens is 346 g/mol. The maximum atomic E-state index is 12.6. The maximum Gasteiger partial charge on any atom is 0.409 e. The predicted molar refractivity (Wildman–Crippen MR) is 103 cm³/mol. The van der Waals surface area contributed by atoms with Crippen LogP contribution in [0.4, 0.5) is 10.5 Å². The number of likely N-dealkylation sites (tertiary alicyclic amines) is 1. The summed E-state index contributed by atoms with van der Waals surface area (Å²) in [6.45, 7) is 9.35. The van der Waals surface area contributed by atoms with Gasteiger partial charge < -0.3 is 19.4 Å². The van der Waals surface area contributed by atoms with Crippen LogP contribution in [0.5, 0.6) is 0 Å². The molecule has 1 aromatic heterocycles. The molecular formula is C20H27N3O4. The van der Waals surface area contributed by atoms with Crippen molar-refractivity contribution >= 4 is 28.8 Å². The van der Waals surface area contributed by atoms with E-state index in [0.29, 0.717) is 49.7 Å². The summed E-state index contributed by atoms with van der Waals surface area (Å²) in [5.41, 5.74) is 1.97. The van der Waals surface area contributed by atoms with Gasteiger partial charge in [-0.1, -0.05) is 20.8 Å². The number of carbonyl (C=O) groups is 2. The van der Waals surface area contributed by atoms with Crippen LogP contribution < -0.4 is 5.32 Å². The molecule has 0 atom stereocenters. The Bertz CT molecular complexity index is 829. The van der Waals surface area contributed by atoms with Gasteiger partial charge in [-0.2, -0.15) is 0 Å². The second kappa shape index (κ2) is 7.58. The zero-order chi connectivity index (χ0) is 19.6. The number of fused-ring (bicyclic) bond motifs is 1. The quantitative estimate of drug-likeness (QED) is 0.881. The zero-order valence-electron chi connectivity index (χ0n) is 16.4. The van der Waals surface area contributed by atoms with Gasteiger partial charge in [0, 0.05) is 30.1 Å². The van der Waals surface area contributed by atoms with Crippen molar-refractivity contribution in [3.63, 3.8) is 0 Å². The Morgan fingerprint density at radius 1 is 1.30 bits per heavy atom. The Morgan fingerprint density at radius 3 is 2.63 bits per heavy atom. The normalized spacial score (nSPS) is 15.8. The number of oxazole rings is 1. The molecule has 0 bridgehead atoms. The van der Waals surface area contributed by atoms with Crippen molar-refractivity contribution in [1.29, 1.82) is 0 Å². The van der Waals surface area contributed by atoms with Crippen LogP contribution in [0.25, 0.3) is 11.1 Å². The second-order valence-corrected chi connectivity index (χ2v) is 7.90. The smallest absolute Gasteiger partial charge is 0.409 e. The topological polar surface area (TPSA) is 84.7 Å². The van der Waals surface area contributed by atoms with Crippen LogP contribution >= 0.6 is 0 Å². The summed E-state index contributed by atoms with van der Waals surface area (Å²) < 4.78 is 10.8. The lowest BCUT2D eigenvalue weighted by atomic mass is 9.96. The fourth-order valence-corrected chi connectivity index (χ4v) is 3.11. The number of nitrogens with one attached hydrogen (secondary N) is 1. The monoisotopic (exact) mass is 373 g/mol. The Kier molecular flexibility index (Phi) is 5.39. The number of piperidine rings is 1. The number of hydrogen-bond donors (Lipinski definition) is 1. The Labute approximate surface area is 159 Å². The van der Waals surface area contributed by atoms with E-state index in [1.165, 1.54) is 0 Å². The van der Waals surface area contributed by atoms with Gasteiger partial charge in [-0.25, -0.2) is 9.78 Å². The molecule has 1 aliphatic rings. The van der Waals surface area contributed by atoms with Gasteiger partial charge in [-0.05, 0) is 38.0 Å². The van der Waals surface area contributed by atoms with Gasteiger partial charge in [-0.3, -0.25) is 4.79 Å². The SMILES string of the molecule is CCOC(=O)N1CCC(C(=O)Nc2ccc3oc(C(C)(C)C)nc3c2)CC1. The fourth-order valence-electron chi connectivity index (χ4n) is 3.11. The summed E-state index contributed by atoms with van der Waals surface area (Å²) in [5, 5.41) is 2.97. The fraction of sp³-hybridized carbons (Fsp3) is 0.550. The second-order valence-electron chi connectivity index (χ2n) is 7.90. The summed E-state index contributed by atoms with van der Waals surface area (Å²) >= 11 is 0. The number of nitrogens with zero attached hydrogens (tertiary/aromatic N) is 2. The van der Waals surface area contributed by atoms with E-state index in [2.05, 4.69) is 10.3 Å². The molecule has 0 unspecified atom stereocenters. The summed E-state index contributed by atoms with van der Waals surface area (Å²) in [6, 6.07) is 5.49. The van der Waals surface area contributed by atoms with Gasteiger partial charge in [0.05, 0.1) is 6.61 Å². The van der Waals surface area contributed by atoms with Crippen molar-refractivity contribution in [1.82, 2.24) is 9.88 Å². The highest BCUT2D eigenvalue weighted by Gasteiger charge is 2.28. The van der Waals surface area contributed by atoms with Crippen LogP contribution in [0.3, 0.4) is 0 Å². The highest BCUT2D eigenvalue weighted by Crippen LogP contribution is 2.28. The minimum absolute atomic E-state index is 0.0302. The number of anilines is 1. The minimum atomic E-state index is -0.303. The van der Waals surface area contributed by atoms with Crippen LogP contribution in [0.1, 0.15) is 46.4 Å². The molecule has 1 fully saturated rings. The van der Waals surface area contributed by atoms with Crippen molar-refractivity contribution in [3.8, 4) is 0 Å². The van der Waals surface area contributed by atoms with Crippen molar-refractivity contribution in [2.24, 2.45) is 5.92 Å². The van der Waals surface area contributed by atoms with E-state index >= 15 is 0 Å². The summed E-state index contributed by atoms with van der Waals surface area (Å²) in [6.07, 6.45) is 0.957. The van der Waals surface area contributed by atoms with Gasteiger partial charge >= 0.3 is 6.09 Å². The van der Waals surface area contributed by atoms with Gasteiger partial charge in [0.1, 0.15) is 5.52 Å². The number of hydrogen-bond acceptors (Lipinski definition) is 5. The van der Waals surface area contributed by atoms with E-state index in [9.17, 15) is 9.59 Å². The molecule has 3 rings (SSSR count). The first kappa shape index (κ1) is 19.2. The zero-order valence-corrected chi connectivity index (χ0v) is 16.4. The molecule has 2 heterocycles. The summed E-state index contributed by atoms with van der Waals surface area (Å²) in [7, 11) is 0. The Balaban J connectivity index is 1.62. The summed E-state index contributed by atoms with van der Waals surface area (Å²) in [5.74, 6) is 0.526. The minimum Gasteiger partial charge on any atom is -0.450 e. The van der Waals surface area contributed by atoms with E-state index in [4.69, 9.17) is 9.15 Å². The highest BCUT2D eigenvalue weighted by molar-refractivity contribution is 5.94. The molecule has 7 nitrogen and oxygen atoms in total. The third-order valence-corrected chi connectivity index (χ3v) is 4.69. The first-order valence-corrected chi connectivity index (χ1v) is 9.41. The van der Waals surface area contributed by atoms with Crippen molar-refractivity contribution in [3.05, 3.63) is 24.1 Å². The van der Waals surface area contributed by atoms with Crippen LogP contribution in [0.15, 0.2) is 22.6 Å². The molecule has 2 amide bonds. The summed E-state index contributed by atoms with van der Waals surface area (Å²) in [4.78, 5) is 30.5. The highest BCUT2D eigenvalue weighted by atomic mass is 16.6.